The lowest BCUT2D eigenvalue weighted by atomic mass is 9.97. The van der Waals surface area contributed by atoms with Crippen molar-refractivity contribution in [2.45, 2.75) is 46.3 Å². The largest absolute Gasteiger partial charge is 0.392 e. The molecule has 0 aliphatic rings. The van der Waals surface area contributed by atoms with Crippen molar-refractivity contribution in [3.05, 3.63) is 30.1 Å². The summed E-state index contributed by atoms with van der Waals surface area (Å²) < 4.78 is 0. The molecule has 1 aromatic rings. The van der Waals surface area contributed by atoms with E-state index in [0.717, 1.165) is 6.42 Å². The molecular formula is C15H26N2O. The van der Waals surface area contributed by atoms with Gasteiger partial charge in [-0.15, -0.1) is 0 Å². The molecule has 18 heavy (non-hydrogen) atoms. The monoisotopic (exact) mass is 250 g/mol. The minimum absolute atomic E-state index is 0.250. The second-order valence-corrected chi connectivity index (χ2v) is 5.70. The van der Waals surface area contributed by atoms with Crippen LogP contribution < -0.4 is 5.32 Å². The highest BCUT2D eigenvalue weighted by Gasteiger charge is 2.17. The number of aliphatic hydroxyl groups is 1. The summed E-state index contributed by atoms with van der Waals surface area (Å²) in [5.74, 6) is 0.998. The van der Waals surface area contributed by atoms with Crippen LogP contribution in [0, 0.1) is 11.8 Å². The smallest absolute Gasteiger partial charge is 0.0667 e. The summed E-state index contributed by atoms with van der Waals surface area (Å²) >= 11 is 0. The molecule has 3 nitrogen and oxygen atoms in total. The van der Waals surface area contributed by atoms with E-state index in [1.165, 1.54) is 5.56 Å². The standard InChI is InChI=1S/C15H26N2O/c1-11(2)8-14(18)10-17-15(12(3)4)13-6-5-7-16-9-13/h5-7,9,11-12,14-15,17-18H,8,10H2,1-4H3. The molecule has 0 saturated heterocycles. The maximum Gasteiger partial charge on any atom is 0.0667 e. The zero-order chi connectivity index (χ0) is 13.5. The first kappa shape index (κ1) is 15.1. The lowest BCUT2D eigenvalue weighted by Crippen LogP contribution is -2.33. The van der Waals surface area contributed by atoms with Crippen molar-refractivity contribution in [3.8, 4) is 0 Å². The molecule has 102 valence electrons. The minimum Gasteiger partial charge on any atom is -0.392 e. The van der Waals surface area contributed by atoms with Crippen molar-refractivity contribution in [1.82, 2.24) is 10.3 Å². The summed E-state index contributed by atoms with van der Waals surface area (Å²) in [6.45, 7) is 9.25. The summed E-state index contributed by atoms with van der Waals surface area (Å²) in [6, 6.07) is 4.29. The maximum atomic E-state index is 9.92. The van der Waals surface area contributed by atoms with Crippen molar-refractivity contribution in [2.75, 3.05) is 6.54 Å². The Morgan fingerprint density at radius 2 is 2.00 bits per heavy atom. The van der Waals surface area contributed by atoms with Gasteiger partial charge in [-0.2, -0.15) is 0 Å². The Balaban J connectivity index is 2.55. The molecule has 2 unspecified atom stereocenters. The predicted octanol–water partition coefficient (Wildman–Crippen LogP) is 2.78. The first-order chi connectivity index (χ1) is 8.50. The topological polar surface area (TPSA) is 45.1 Å². The number of pyridine rings is 1. The zero-order valence-electron chi connectivity index (χ0n) is 11.9. The third-order valence-electron chi connectivity index (χ3n) is 3.03. The number of hydrogen-bond acceptors (Lipinski definition) is 3. The predicted molar refractivity (Wildman–Crippen MR) is 75.3 cm³/mol. The van der Waals surface area contributed by atoms with Crippen LogP contribution in [-0.4, -0.2) is 22.7 Å². The van der Waals surface area contributed by atoms with E-state index in [-0.39, 0.29) is 12.1 Å². The van der Waals surface area contributed by atoms with E-state index in [1.54, 1.807) is 6.20 Å². The molecule has 0 aliphatic heterocycles. The van der Waals surface area contributed by atoms with Gasteiger partial charge < -0.3 is 10.4 Å². The highest BCUT2D eigenvalue weighted by atomic mass is 16.3. The maximum absolute atomic E-state index is 9.92. The van der Waals surface area contributed by atoms with Crippen LogP contribution in [0.3, 0.4) is 0 Å². The molecule has 1 heterocycles. The first-order valence-electron chi connectivity index (χ1n) is 6.82. The normalized spacial score (nSPS) is 15.1. The van der Waals surface area contributed by atoms with Crippen LogP contribution in [0.4, 0.5) is 0 Å². The highest BCUT2D eigenvalue weighted by Crippen LogP contribution is 2.20. The second-order valence-electron chi connectivity index (χ2n) is 5.70. The summed E-state index contributed by atoms with van der Waals surface area (Å²) in [6.07, 6.45) is 4.24. The van der Waals surface area contributed by atoms with Crippen LogP contribution in [0.1, 0.15) is 45.7 Å². The van der Waals surface area contributed by atoms with Gasteiger partial charge in [0.25, 0.3) is 0 Å². The van der Waals surface area contributed by atoms with Gasteiger partial charge in [0.05, 0.1) is 6.10 Å². The van der Waals surface area contributed by atoms with Crippen LogP contribution in [0.15, 0.2) is 24.5 Å². The fraction of sp³-hybridized carbons (Fsp3) is 0.667. The molecule has 0 fully saturated rings. The number of rotatable bonds is 7. The van der Waals surface area contributed by atoms with E-state index in [9.17, 15) is 5.11 Å². The summed E-state index contributed by atoms with van der Waals surface area (Å²) in [7, 11) is 0. The molecule has 1 rings (SSSR count). The molecular weight excluding hydrogens is 224 g/mol. The molecule has 0 amide bonds. The molecule has 1 aromatic heterocycles. The molecule has 0 saturated carbocycles. The molecule has 3 heteroatoms. The molecule has 0 bridgehead atoms. The molecule has 0 radical (unpaired) electrons. The highest BCUT2D eigenvalue weighted by molar-refractivity contribution is 5.14. The van der Waals surface area contributed by atoms with E-state index >= 15 is 0 Å². The SMILES string of the molecule is CC(C)CC(O)CNC(c1cccnc1)C(C)C. The molecule has 0 spiro atoms. The van der Waals surface area contributed by atoms with Crippen molar-refractivity contribution >= 4 is 0 Å². The van der Waals surface area contributed by atoms with Gasteiger partial charge in [0.1, 0.15) is 0 Å². The van der Waals surface area contributed by atoms with Crippen LogP contribution in [0.2, 0.25) is 0 Å². The average molecular weight is 250 g/mol. The quantitative estimate of drug-likeness (QED) is 0.782. The first-order valence-corrected chi connectivity index (χ1v) is 6.82. The third kappa shape index (κ3) is 5.15. The Bertz CT molecular complexity index is 325. The Kier molecular flexibility index (Phi) is 6.30. The zero-order valence-corrected chi connectivity index (χ0v) is 11.9. The van der Waals surface area contributed by atoms with Crippen molar-refractivity contribution < 1.29 is 5.11 Å². The van der Waals surface area contributed by atoms with E-state index in [2.05, 4.69) is 44.1 Å². The molecule has 2 N–H and O–H groups in total. The van der Waals surface area contributed by atoms with Gasteiger partial charge in [-0.3, -0.25) is 4.98 Å². The lowest BCUT2D eigenvalue weighted by Gasteiger charge is -2.24. The number of aliphatic hydroxyl groups excluding tert-OH is 1. The van der Waals surface area contributed by atoms with Gasteiger partial charge in [-0.1, -0.05) is 33.8 Å². The van der Waals surface area contributed by atoms with E-state index in [4.69, 9.17) is 0 Å². The van der Waals surface area contributed by atoms with Gasteiger partial charge in [0.2, 0.25) is 0 Å². The van der Waals surface area contributed by atoms with Gasteiger partial charge in [-0.25, -0.2) is 0 Å². The van der Waals surface area contributed by atoms with Gasteiger partial charge >= 0.3 is 0 Å². The third-order valence-corrected chi connectivity index (χ3v) is 3.03. The van der Waals surface area contributed by atoms with Crippen LogP contribution in [0.5, 0.6) is 0 Å². The van der Waals surface area contributed by atoms with Crippen molar-refractivity contribution in [3.63, 3.8) is 0 Å². The second kappa shape index (κ2) is 7.49. The van der Waals surface area contributed by atoms with Gasteiger partial charge in [0.15, 0.2) is 0 Å². The molecule has 0 aliphatic carbocycles. The fourth-order valence-electron chi connectivity index (χ4n) is 2.19. The fourth-order valence-corrected chi connectivity index (χ4v) is 2.19. The van der Waals surface area contributed by atoms with E-state index in [1.807, 2.05) is 12.3 Å². The van der Waals surface area contributed by atoms with E-state index in [0.29, 0.717) is 18.4 Å². The Hall–Kier alpha value is -0.930. The number of nitrogens with one attached hydrogen (secondary N) is 1. The van der Waals surface area contributed by atoms with Crippen LogP contribution >= 0.6 is 0 Å². The van der Waals surface area contributed by atoms with Crippen LogP contribution in [0.25, 0.3) is 0 Å². The number of hydrogen-bond donors (Lipinski definition) is 2. The Morgan fingerprint density at radius 1 is 1.28 bits per heavy atom. The van der Waals surface area contributed by atoms with Crippen LogP contribution in [-0.2, 0) is 0 Å². The van der Waals surface area contributed by atoms with Crippen molar-refractivity contribution in [1.29, 1.82) is 0 Å². The Morgan fingerprint density at radius 3 is 2.50 bits per heavy atom. The summed E-state index contributed by atoms with van der Waals surface area (Å²) in [5, 5.41) is 13.4. The number of aromatic nitrogens is 1. The molecule has 2 atom stereocenters. The summed E-state index contributed by atoms with van der Waals surface area (Å²) in [5.41, 5.74) is 1.18. The minimum atomic E-state index is -0.275. The number of nitrogens with zero attached hydrogens (tertiary/aromatic N) is 1. The van der Waals surface area contributed by atoms with Gasteiger partial charge in [0, 0.05) is 25.0 Å². The summed E-state index contributed by atoms with van der Waals surface area (Å²) in [4.78, 5) is 4.16. The lowest BCUT2D eigenvalue weighted by molar-refractivity contribution is 0.139. The van der Waals surface area contributed by atoms with Crippen molar-refractivity contribution in [2.24, 2.45) is 11.8 Å². The average Bonchev–Trinajstić information content (AvgIpc) is 2.29. The van der Waals surface area contributed by atoms with Gasteiger partial charge in [-0.05, 0) is 29.9 Å². The van der Waals surface area contributed by atoms with E-state index < -0.39 is 0 Å². The molecule has 0 aromatic carbocycles. The Labute approximate surface area is 111 Å².